The topological polar surface area (TPSA) is 20.2 Å². The molecular formula is C9H14O. The van der Waals surface area contributed by atoms with Gasteiger partial charge in [-0.1, -0.05) is 26.0 Å². The molecule has 0 fully saturated rings. The van der Waals surface area contributed by atoms with Gasteiger partial charge in [-0.05, 0) is 23.5 Å². The fraction of sp³-hybridized carbons (Fsp3) is 0.556. The highest BCUT2D eigenvalue weighted by Gasteiger charge is 2.10. The van der Waals surface area contributed by atoms with Crippen molar-refractivity contribution in [2.75, 3.05) is 6.61 Å². The predicted octanol–water partition coefficient (Wildman–Crippen LogP) is 1.89. The van der Waals surface area contributed by atoms with Crippen molar-refractivity contribution in [3.63, 3.8) is 0 Å². The van der Waals surface area contributed by atoms with Crippen LogP contribution >= 0.6 is 0 Å². The minimum Gasteiger partial charge on any atom is -0.392 e. The van der Waals surface area contributed by atoms with Crippen LogP contribution in [0.3, 0.4) is 0 Å². The van der Waals surface area contributed by atoms with Gasteiger partial charge >= 0.3 is 0 Å². The molecule has 1 heteroatoms. The van der Waals surface area contributed by atoms with Gasteiger partial charge in [0.25, 0.3) is 0 Å². The number of allylic oxidation sites excluding steroid dienone is 3. The molecule has 0 radical (unpaired) electrons. The standard InChI is InChI=1S/C9H14O/c1-7(2)9-5-3-4-8(9)6-10/h3,5,7,10H,4,6H2,1-2H3. The van der Waals surface area contributed by atoms with Gasteiger partial charge in [-0.15, -0.1) is 0 Å². The third kappa shape index (κ3) is 1.29. The maximum Gasteiger partial charge on any atom is 0.0650 e. The molecule has 0 saturated carbocycles. The van der Waals surface area contributed by atoms with E-state index in [1.165, 1.54) is 11.1 Å². The van der Waals surface area contributed by atoms with Crippen LogP contribution in [-0.4, -0.2) is 11.7 Å². The van der Waals surface area contributed by atoms with Crippen LogP contribution in [0.1, 0.15) is 20.3 Å². The second-order valence-electron chi connectivity index (χ2n) is 2.98. The SMILES string of the molecule is CC(C)C1=C(CO)CC=C1. The Morgan fingerprint density at radius 2 is 2.30 bits per heavy atom. The van der Waals surface area contributed by atoms with E-state index in [0.29, 0.717) is 5.92 Å². The molecule has 1 nitrogen and oxygen atoms in total. The van der Waals surface area contributed by atoms with Gasteiger partial charge in [0.1, 0.15) is 0 Å². The summed E-state index contributed by atoms with van der Waals surface area (Å²) < 4.78 is 0. The Bertz CT molecular complexity index is 175. The lowest BCUT2D eigenvalue weighted by Gasteiger charge is -2.06. The smallest absolute Gasteiger partial charge is 0.0650 e. The average Bonchev–Trinajstić information content (AvgIpc) is 2.33. The van der Waals surface area contributed by atoms with Crippen LogP contribution in [0, 0.1) is 5.92 Å². The molecule has 0 aromatic heterocycles. The molecule has 0 bridgehead atoms. The molecule has 10 heavy (non-hydrogen) atoms. The largest absolute Gasteiger partial charge is 0.392 e. The molecule has 0 amide bonds. The Hall–Kier alpha value is -0.560. The molecule has 0 saturated heterocycles. The molecule has 1 aliphatic carbocycles. The van der Waals surface area contributed by atoms with Gasteiger partial charge in [0.2, 0.25) is 0 Å². The minimum atomic E-state index is 0.223. The van der Waals surface area contributed by atoms with Crippen molar-refractivity contribution in [1.29, 1.82) is 0 Å². The number of aliphatic hydroxyl groups is 1. The van der Waals surface area contributed by atoms with Crippen molar-refractivity contribution >= 4 is 0 Å². The summed E-state index contributed by atoms with van der Waals surface area (Å²) in [6, 6.07) is 0. The average molecular weight is 138 g/mol. The summed E-state index contributed by atoms with van der Waals surface area (Å²) in [5.41, 5.74) is 2.51. The zero-order valence-corrected chi connectivity index (χ0v) is 6.59. The van der Waals surface area contributed by atoms with E-state index in [9.17, 15) is 0 Å². The van der Waals surface area contributed by atoms with Crippen LogP contribution in [0.15, 0.2) is 23.3 Å². The normalized spacial score (nSPS) is 17.6. The van der Waals surface area contributed by atoms with Crippen molar-refractivity contribution in [3.05, 3.63) is 23.3 Å². The molecule has 0 aromatic rings. The van der Waals surface area contributed by atoms with Crippen molar-refractivity contribution in [2.24, 2.45) is 5.92 Å². The fourth-order valence-corrected chi connectivity index (χ4v) is 1.32. The lowest BCUT2D eigenvalue weighted by Crippen LogP contribution is -1.96. The first-order valence-electron chi connectivity index (χ1n) is 3.75. The summed E-state index contributed by atoms with van der Waals surface area (Å²) in [5, 5.41) is 8.89. The van der Waals surface area contributed by atoms with Gasteiger partial charge in [-0.2, -0.15) is 0 Å². The highest BCUT2D eigenvalue weighted by Crippen LogP contribution is 2.24. The molecule has 0 aliphatic heterocycles. The van der Waals surface area contributed by atoms with Crippen LogP contribution in [-0.2, 0) is 0 Å². The van der Waals surface area contributed by atoms with Crippen LogP contribution in [0.25, 0.3) is 0 Å². The zero-order chi connectivity index (χ0) is 7.56. The lowest BCUT2D eigenvalue weighted by atomic mass is 10.0. The molecule has 1 rings (SSSR count). The lowest BCUT2D eigenvalue weighted by molar-refractivity contribution is 0.327. The Kier molecular flexibility index (Phi) is 2.28. The Morgan fingerprint density at radius 1 is 1.60 bits per heavy atom. The molecule has 1 aliphatic rings. The first kappa shape index (κ1) is 7.55. The summed E-state index contributed by atoms with van der Waals surface area (Å²) in [4.78, 5) is 0. The van der Waals surface area contributed by atoms with Crippen LogP contribution in [0.2, 0.25) is 0 Å². The summed E-state index contributed by atoms with van der Waals surface area (Å²) >= 11 is 0. The number of hydrogen-bond acceptors (Lipinski definition) is 1. The first-order valence-corrected chi connectivity index (χ1v) is 3.75. The number of rotatable bonds is 2. The maximum absolute atomic E-state index is 8.89. The first-order chi connectivity index (χ1) is 4.75. The predicted molar refractivity (Wildman–Crippen MR) is 42.7 cm³/mol. The Morgan fingerprint density at radius 3 is 2.70 bits per heavy atom. The maximum atomic E-state index is 8.89. The van der Waals surface area contributed by atoms with E-state index in [0.717, 1.165) is 6.42 Å². The number of hydrogen-bond donors (Lipinski definition) is 1. The van der Waals surface area contributed by atoms with E-state index in [-0.39, 0.29) is 6.61 Å². The Balaban J connectivity index is 2.76. The van der Waals surface area contributed by atoms with Crippen LogP contribution in [0.4, 0.5) is 0 Å². The fourth-order valence-electron chi connectivity index (χ4n) is 1.32. The van der Waals surface area contributed by atoms with Gasteiger partial charge in [0.05, 0.1) is 6.61 Å². The van der Waals surface area contributed by atoms with Gasteiger partial charge in [0.15, 0.2) is 0 Å². The highest BCUT2D eigenvalue weighted by atomic mass is 16.3. The molecule has 0 unspecified atom stereocenters. The van der Waals surface area contributed by atoms with Crippen molar-refractivity contribution < 1.29 is 5.11 Å². The van der Waals surface area contributed by atoms with E-state index in [1.54, 1.807) is 0 Å². The van der Waals surface area contributed by atoms with E-state index in [2.05, 4.69) is 26.0 Å². The van der Waals surface area contributed by atoms with Gasteiger partial charge < -0.3 is 5.11 Å². The third-order valence-electron chi connectivity index (χ3n) is 1.88. The van der Waals surface area contributed by atoms with Gasteiger partial charge in [-0.25, -0.2) is 0 Å². The van der Waals surface area contributed by atoms with E-state index >= 15 is 0 Å². The molecular weight excluding hydrogens is 124 g/mol. The van der Waals surface area contributed by atoms with Crippen molar-refractivity contribution in [3.8, 4) is 0 Å². The van der Waals surface area contributed by atoms with E-state index < -0.39 is 0 Å². The summed E-state index contributed by atoms with van der Waals surface area (Å²) in [5.74, 6) is 0.556. The van der Waals surface area contributed by atoms with E-state index in [4.69, 9.17) is 5.11 Å². The highest BCUT2D eigenvalue weighted by molar-refractivity contribution is 5.35. The van der Waals surface area contributed by atoms with Crippen molar-refractivity contribution in [2.45, 2.75) is 20.3 Å². The second-order valence-corrected chi connectivity index (χ2v) is 2.98. The summed E-state index contributed by atoms with van der Waals surface area (Å²) in [6.07, 6.45) is 5.18. The molecule has 1 N–H and O–H groups in total. The zero-order valence-electron chi connectivity index (χ0n) is 6.59. The van der Waals surface area contributed by atoms with E-state index in [1.807, 2.05) is 0 Å². The van der Waals surface area contributed by atoms with Gasteiger partial charge in [-0.3, -0.25) is 0 Å². The quantitative estimate of drug-likeness (QED) is 0.617. The molecule has 0 atom stereocenters. The van der Waals surface area contributed by atoms with Gasteiger partial charge in [0, 0.05) is 0 Å². The summed E-state index contributed by atoms with van der Waals surface area (Å²) in [6.45, 7) is 4.53. The summed E-state index contributed by atoms with van der Waals surface area (Å²) in [7, 11) is 0. The molecule has 0 aromatic carbocycles. The molecule has 0 heterocycles. The second kappa shape index (κ2) is 3.02. The third-order valence-corrected chi connectivity index (χ3v) is 1.88. The number of aliphatic hydroxyl groups excluding tert-OH is 1. The van der Waals surface area contributed by atoms with Crippen molar-refractivity contribution in [1.82, 2.24) is 0 Å². The molecule has 0 spiro atoms. The van der Waals surface area contributed by atoms with Crippen LogP contribution in [0.5, 0.6) is 0 Å². The molecule has 56 valence electrons. The van der Waals surface area contributed by atoms with Crippen LogP contribution < -0.4 is 0 Å². The minimum absolute atomic E-state index is 0.223. The Labute approximate surface area is 62.1 Å². The monoisotopic (exact) mass is 138 g/mol.